The van der Waals surface area contributed by atoms with Crippen molar-refractivity contribution in [2.45, 2.75) is 26.2 Å². The van der Waals surface area contributed by atoms with Crippen molar-refractivity contribution in [1.82, 2.24) is 5.32 Å². The van der Waals surface area contributed by atoms with Crippen LogP contribution in [0.1, 0.15) is 26.2 Å². The second-order valence-corrected chi connectivity index (χ2v) is 5.29. The maximum Gasteiger partial charge on any atom is 0.313 e. The molecule has 0 saturated carbocycles. The zero-order valence-electron chi connectivity index (χ0n) is 13.5. The highest BCUT2D eigenvalue weighted by Gasteiger charge is 2.13. The highest BCUT2D eigenvalue weighted by Crippen LogP contribution is 2.27. The second-order valence-electron chi connectivity index (χ2n) is 4.88. The fraction of sp³-hybridized carbons (Fsp3) is 0.500. The van der Waals surface area contributed by atoms with Crippen molar-refractivity contribution in [3.05, 3.63) is 23.2 Å². The molecule has 0 fully saturated rings. The summed E-state index contributed by atoms with van der Waals surface area (Å²) in [7, 11) is 1.50. The fourth-order valence-corrected chi connectivity index (χ4v) is 1.99. The van der Waals surface area contributed by atoms with Gasteiger partial charge in [0.05, 0.1) is 12.1 Å². The maximum absolute atomic E-state index is 11.8. The maximum atomic E-state index is 11.8. The molecule has 0 radical (unpaired) electrons. The molecule has 1 aromatic carbocycles. The summed E-state index contributed by atoms with van der Waals surface area (Å²) in [5, 5.41) is 5.38. The number of nitrogens with one attached hydrogen (secondary N) is 2. The lowest BCUT2D eigenvalue weighted by molar-refractivity contribution is -0.136. The monoisotopic (exact) mass is 342 g/mol. The minimum Gasteiger partial charge on any atom is -0.495 e. The summed E-state index contributed by atoms with van der Waals surface area (Å²) in [4.78, 5) is 23.4. The van der Waals surface area contributed by atoms with Crippen molar-refractivity contribution < 1.29 is 19.1 Å². The van der Waals surface area contributed by atoms with Crippen molar-refractivity contribution in [3.63, 3.8) is 0 Å². The number of halogens is 1. The van der Waals surface area contributed by atoms with Gasteiger partial charge in [-0.15, -0.1) is 0 Å². The molecule has 6 nitrogen and oxygen atoms in total. The number of amides is 2. The third kappa shape index (κ3) is 7.34. The highest BCUT2D eigenvalue weighted by molar-refractivity contribution is 6.40. The number of hydrogen-bond donors (Lipinski definition) is 2. The normalized spacial score (nSPS) is 10.2. The Morgan fingerprint density at radius 1 is 1.17 bits per heavy atom. The Hall–Kier alpha value is -1.79. The summed E-state index contributed by atoms with van der Waals surface area (Å²) in [6.45, 7) is 3.78. The molecule has 1 aromatic rings. The molecule has 0 atom stereocenters. The van der Waals surface area contributed by atoms with Gasteiger partial charge in [-0.2, -0.15) is 0 Å². The second kappa shape index (κ2) is 10.9. The van der Waals surface area contributed by atoms with Gasteiger partial charge in [-0.1, -0.05) is 24.9 Å². The van der Waals surface area contributed by atoms with Crippen LogP contribution >= 0.6 is 11.6 Å². The summed E-state index contributed by atoms with van der Waals surface area (Å²) >= 11 is 5.96. The first-order valence-corrected chi connectivity index (χ1v) is 7.96. The zero-order valence-corrected chi connectivity index (χ0v) is 14.2. The Morgan fingerprint density at radius 3 is 2.57 bits per heavy atom. The molecule has 0 heterocycles. The smallest absolute Gasteiger partial charge is 0.313 e. The van der Waals surface area contributed by atoms with E-state index in [4.69, 9.17) is 21.1 Å². The molecule has 0 bridgehead atoms. The van der Waals surface area contributed by atoms with Crippen LogP contribution < -0.4 is 15.4 Å². The Balaban J connectivity index is 2.28. The van der Waals surface area contributed by atoms with E-state index in [9.17, 15) is 9.59 Å². The number of carbonyl (C=O) groups is 2. The van der Waals surface area contributed by atoms with Crippen molar-refractivity contribution in [2.75, 3.05) is 32.2 Å². The van der Waals surface area contributed by atoms with Crippen molar-refractivity contribution >= 4 is 29.1 Å². The molecule has 1 rings (SSSR count). The van der Waals surface area contributed by atoms with E-state index in [1.165, 1.54) is 13.2 Å². The summed E-state index contributed by atoms with van der Waals surface area (Å²) in [6.07, 6.45) is 2.78. The van der Waals surface area contributed by atoms with Gasteiger partial charge in [0.1, 0.15) is 5.75 Å². The van der Waals surface area contributed by atoms with E-state index in [1.807, 2.05) is 0 Å². The van der Waals surface area contributed by atoms with Crippen LogP contribution in [0.3, 0.4) is 0 Å². The first kappa shape index (κ1) is 19.3. The molecule has 0 aliphatic heterocycles. The predicted molar refractivity (Wildman–Crippen MR) is 90.0 cm³/mol. The number of carbonyl (C=O) groups excluding carboxylic acids is 2. The molecule has 0 aliphatic rings. The number of hydrogen-bond acceptors (Lipinski definition) is 4. The third-order valence-electron chi connectivity index (χ3n) is 3.01. The summed E-state index contributed by atoms with van der Waals surface area (Å²) < 4.78 is 10.4. The molecule has 23 heavy (non-hydrogen) atoms. The van der Waals surface area contributed by atoms with Crippen molar-refractivity contribution in [2.24, 2.45) is 0 Å². The van der Waals surface area contributed by atoms with Gasteiger partial charge in [-0.05, 0) is 31.0 Å². The first-order valence-electron chi connectivity index (χ1n) is 7.59. The standard InChI is InChI=1S/C16H23ClN2O4/c1-3-4-9-23-10-5-8-18-15(20)16(21)19-12-6-7-14(22-2)13(17)11-12/h6-7,11H,3-5,8-10H2,1-2H3,(H,18,20)(H,19,21). The lowest BCUT2D eigenvalue weighted by Crippen LogP contribution is -2.36. The van der Waals surface area contributed by atoms with Crippen LogP contribution in [0.2, 0.25) is 5.02 Å². The van der Waals surface area contributed by atoms with E-state index in [0.717, 1.165) is 19.4 Å². The van der Waals surface area contributed by atoms with Crippen LogP contribution in [0.15, 0.2) is 18.2 Å². The summed E-state index contributed by atoms with van der Waals surface area (Å²) in [5.41, 5.74) is 0.429. The molecular formula is C16H23ClN2O4. The number of benzene rings is 1. The fourth-order valence-electron chi connectivity index (χ4n) is 1.74. The molecule has 2 N–H and O–H groups in total. The van der Waals surface area contributed by atoms with Gasteiger partial charge in [0.25, 0.3) is 0 Å². The van der Waals surface area contributed by atoms with Gasteiger partial charge in [0.2, 0.25) is 0 Å². The number of ether oxygens (including phenoxy) is 2. The summed E-state index contributed by atoms with van der Waals surface area (Å²) in [6, 6.07) is 4.74. The molecule has 0 aliphatic carbocycles. The number of rotatable bonds is 9. The van der Waals surface area contributed by atoms with E-state index in [2.05, 4.69) is 17.6 Å². The van der Waals surface area contributed by atoms with Gasteiger partial charge in [0.15, 0.2) is 0 Å². The average Bonchev–Trinajstić information content (AvgIpc) is 2.54. The number of anilines is 1. The van der Waals surface area contributed by atoms with E-state index < -0.39 is 11.8 Å². The van der Waals surface area contributed by atoms with Crippen molar-refractivity contribution in [1.29, 1.82) is 0 Å². The van der Waals surface area contributed by atoms with Gasteiger partial charge in [-0.25, -0.2) is 0 Å². The topological polar surface area (TPSA) is 76.7 Å². The molecular weight excluding hydrogens is 320 g/mol. The number of unbranched alkanes of at least 4 members (excludes halogenated alkanes) is 1. The Morgan fingerprint density at radius 2 is 1.91 bits per heavy atom. The molecule has 0 spiro atoms. The molecule has 0 aromatic heterocycles. The quantitative estimate of drug-likeness (QED) is 0.534. The van der Waals surface area contributed by atoms with E-state index in [1.54, 1.807) is 12.1 Å². The van der Waals surface area contributed by atoms with Crippen LogP contribution in [0.4, 0.5) is 5.69 Å². The summed E-state index contributed by atoms with van der Waals surface area (Å²) in [5.74, 6) is -0.930. The number of methoxy groups -OCH3 is 1. The Kier molecular flexibility index (Phi) is 9.09. The van der Waals surface area contributed by atoms with Crippen LogP contribution in [-0.2, 0) is 14.3 Å². The van der Waals surface area contributed by atoms with Crippen LogP contribution in [0, 0.1) is 0 Å². The van der Waals surface area contributed by atoms with E-state index in [0.29, 0.717) is 36.0 Å². The van der Waals surface area contributed by atoms with Gasteiger partial charge in [-0.3, -0.25) is 9.59 Å². The molecule has 2 amide bonds. The SMILES string of the molecule is CCCCOCCCNC(=O)C(=O)Nc1ccc(OC)c(Cl)c1. The van der Waals surface area contributed by atoms with Crippen LogP contribution in [0.25, 0.3) is 0 Å². The minimum atomic E-state index is -0.738. The van der Waals surface area contributed by atoms with Crippen LogP contribution in [0.5, 0.6) is 5.75 Å². The third-order valence-corrected chi connectivity index (χ3v) is 3.30. The molecule has 0 unspecified atom stereocenters. The van der Waals surface area contributed by atoms with Gasteiger partial charge in [0, 0.05) is 25.4 Å². The van der Waals surface area contributed by atoms with E-state index in [-0.39, 0.29) is 0 Å². The Bertz CT molecular complexity index is 523. The van der Waals surface area contributed by atoms with E-state index >= 15 is 0 Å². The molecule has 7 heteroatoms. The average molecular weight is 343 g/mol. The van der Waals surface area contributed by atoms with Crippen LogP contribution in [-0.4, -0.2) is 38.7 Å². The molecule has 0 saturated heterocycles. The van der Waals surface area contributed by atoms with Gasteiger partial charge < -0.3 is 20.1 Å². The largest absolute Gasteiger partial charge is 0.495 e. The highest BCUT2D eigenvalue weighted by atomic mass is 35.5. The lowest BCUT2D eigenvalue weighted by Gasteiger charge is -2.08. The predicted octanol–water partition coefficient (Wildman–Crippen LogP) is 2.61. The van der Waals surface area contributed by atoms with Gasteiger partial charge >= 0.3 is 11.8 Å². The lowest BCUT2D eigenvalue weighted by atomic mass is 10.3. The van der Waals surface area contributed by atoms with Crippen molar-refractivity contribution in [3.8, 4) is 5.75 Å². The Labute approximate surface area is 141 Å². The zero-order chi connectivity index (χ0) is 17.1. The first-order chi connectivity index (χ1) is 11.1. The molecule has 128 valence electrons. The minimum absolute atomic E-state index is 0.356.